The van der Waals surface area contributed by atoms with Gasteiger partial charge in [0.25, 0.3) is 0 Å². The molecule has 0 saturated carbocycles. The third-order valence-corrected chi connectivity index (χ3v) is 5.89. The van der Waals surface area contributed by atoms with Crippen LogP contribution in [0.5, 0.6) is 0 Å². The molecule has 0 radical (unpaired) electrons. The molecule has 2 heterocycles. The minimum absolute atomic E-state index is 0.00831. The quantitative estimate of drug-likeness (QED) is 0.846. The fourth-order valence-corrected chi connectivity index (χ4v) is 4.42. The number of hydrogen-bond donors (Lipinski definition) is 2. The van der Waals surface area contributed by atoms with E-state index in [1.54, 1.807) is 0 Å². The molecule has 6 nitrogen and oxygen atoms in total. The van der Waals surface area contributed by atoms with Crippen LogP contribution in [0.25, 0.3) is 0 Å². The molecule has 0 unspecified atom stereocenters. The molecule has 26 heavy (non-hydrogen) atoms. The average Bonchev–Trinajstić information content (AvgIpc) is 2.60. The highest BCUT2D eigenvalue weighted by Gasteiger charge is 2.46. The molecule has 2 saturated heterocycles. The molecule has 1 aromatic rings. The predicted octanol–water partition coefficient (Wildman–Crippen LogP) is 1.30. The molecular formula is C20H28N2O4. The van der Waals surface area contributed by atoms with E-state index in [1.807, 2.05) is 41.0 Å². The fraction of sp³-hybridized carbons (Fsp3) is 0.600. The van der Waals surface area contributed by atoms with E-state index < -0.39 is 17.5 Å². The van der Waals surface area contributed by atoms with Crippen LogP contribution >= 0.6 is 0 Å². The summed E-state index contributed by atoms with van der Waals surface area (Å²) >= 11 is 0. The number of likely N-dealkylation sites (tertiary alicyclic amines) is 2. The molecule has 2 aliphatic rings. The molecule has 0 aliphatic carbocycles. The van der Waals surface area contributed by atoms with Crippen molar-refractivity contribution in [3.05, 3.63) is 35.4 Å². The van der Waals surface area contributed by atoms with Gasteiger partial charge in [-0.25, -0.2) is 0 Å². The Morgan fingerprint density at radius 1 is 1.23 bits per heavy atom. The van der Waals surface area contributed by atoms with Crippen LogP contribution in [0.1, 0.15) is 30.4 Å². The molecular weight excluding hydrogens is 332 g/mol. The smallest absolute Gasteiger partial charge is 0.317 e. The molecule has 2 fully saturated rings. The van der Waals surface area contributed by atoms with Crippen LogP contribution in [0.2, 0.25) is 0 Å². The van der Waals surface area contributed by atoms with Gasteiger partial charge in [0.1, 0.15) is 0 Å². The average molecular weight is 360 g/mol. The molecule has 0 aromatic heterocycles. The lowest BCUT2D eigenvalue weighted by atomic mass is 9.71. The van der Waals surface area contributed by atoms with Crippen LogP contribution in [0.3, 0.4) is 0 Å². The lowest BCUT2D eigenvalue weighted by Gasteiger charge is -2.50. The maximum atomic E-state index is 12.8. The number of aliphatic carboxylic acids is 1. The van der Waals surface area contributed by atoms with Crippen molar-refractivity contribution < 1.29 is 19.8 Å². The Morgan fingerprint density at radius 3 is 2.73 bits per heavy atom. The van der Waals surface area contributed by atoms with Gasteiger partial charge >= 0.3 is 5.97 Å². The number of carbonyl (C=O) groups excluding carboxylic acids is 1. The van der Waals surface area contributed by atoms with Crippen LogP contribution < -0.4 is 0 Å². The minimum atomic E-state index is -0.847. The topological polar surface area (TPSA) is 81.1 Å². The van der Waals surface area contributed by atoms with Gasteiger partial charge in [-0.1, -0.05) is 24.3 Å². The fourth-order valence-electron chi connectivity index (χ4n) is 4.42. The second-order valence-corrected chi connectivity index (χ2v) is 7.79. The standard InChI is InChI=1S/C20H28N2O4/c1-15-5-2-3-6-16(15)11-18(24)22-9-4-8-20(14-22)13-21(12-19(25)26)10-7-17(20)23/h2-3,5-6,17,23H,4,7-14H2,1H3,(H,25,26)/t17-,20-/m1/s1. The van der Waals surface area contributed by atoms with E-state index in [0.29, 0.717) is 39.0 Å². The monoisotopic (exact) mass is 360 g/mol. The minimum Gasteiger partial charge on any atom is -0.480 e. The van der Waals surface area contributed by atoms with Gasteiger partial charge in [-0.15, -0.1) is 0 Å². The zero-order chi connectivity index (χ0) is 18.7. The van der Waals surface area contributed by atoms with Gasteiger partial charge in [0.05, 0.1) is 19.1 Å². The highest BCUT2D eigenvalue weighted by Crippen LogP contribution is 2.39. The molecule has 1 amide bonds. The Balaban J connectivity index is 1.70. The maximum Gasteiger partial charge on any atom is 0.317 e. The van der Waals surface area contributed by atoms with Gasteiger partial charge in [-0.3, -0.25) is 14.5 Å². The first kappa shape index (κ1) is 18.9. The molecule has 2 N–H and O–H groups in total. The predicted molar refractivity (Wildman–Crippen MR) is 97.8 cm³/mol. The van der Waals surface area contributed by atoms with Crippen LogP contribution in [0.15, 0.2) is 24.3 Å². The zero-order valence-corrected chi connectivity index (χ0v) is 15.4. The summed E-state index contributed by atoms with van der Waals surface area (Å²) in [6.07, 6.45) is 2.13. The summed E-state index contributed by atoms with van der Waals surface area (Å²) in [6, 6.07) is 7.91. The van der Waals surface area contributed by atoms with E-state index >= 15 is 0 Å². The van der Waals surface area contributed by atoms with Gasteiger partial charge in [-0.05, 0) is 37.3 Å². The molecule has 6 heteroatoms. The first-order valence-electron chi connectivity index (χ1n) is 9.34. The van der Waals surface area contributed by atoms with Crippen molar-refractivity contribution in [1.29, 1.82) is 0 Å². The number of carboxylic acids is 1. The van der Waals surface area contributed by atoms with Crippen LogP contribution in [0, 0.1) is 12.3 Å². The Hall–Kier alpha value is -1.92. The van der Waals surface area contributed by atoms with Crippen LogP contribution in [-0.2, 0) is 16.0 Å². The first-order chi connectivity index (χ1) is 12.4. The van der Waals surface area contributed by atoms with Crippen LogP contribution in [-0.4, -0.2) is 70.7 Å². The van der Waals surface area contributed by atoms with Gasteiger partial charge in [0, 0.05) is 31.6 Å². The number of aliphatic hydroxyl groups excluding tert-OH is 1. The lowest BCUT2D eigenvalue weighted by molar-refractivity contribution is -0.147. The Morgan fingerprint density at radius 2 is 2.00 bits per heavy atom. The molecule has 3 rings (SSSR count). The molecule has 2 atom stereocenters. The Labute approximate surface area is 154 Å². The molecule has 1 spiro atoms. The van der Waals surface area contributed by atoms with Crippen molar-refractivity contribution in [2.75, 3.05) is 32.7 Å². The van der Waals surface area contributed by atoms with Crippen molar-refractivity contribution in [3.63, 3.8) is 0 Å². The Kier molecular flexibility index (Phi) is 5.63. The van der Waals surface area contributed by atoms with Crippen molar-refractivity contribution >= 4 is 11.9 Å². The summed E-state index contributed by atoms with van der Waals surface area (Å²) < 4.78 is 0. The third-order valence-electron chi connectivity index (χ3n) is 5.89. The van der Waals surface area contributed by atoms with Crippen molar-refractivity contribution in [2.45, 2.75) is 38.7 Å². The lowest BCUT2D eigenvalue weighted by Crippen LogP contribution is -2.60. The number of carboxylic acid groups (broad SMARTS) is 1. The Bertz CT molecular complexity index is 678. The number of nitrogens with zero attached hydrogens (tertiary/aromatic N) is 2. The molecule has 2 aliphatic heterocycles. The number of amides is 1. The molecule has 1 aromatic carbocycles. The summed E-state index contributed by atoms with van der Waals surface area (Å²) in [6.45, 7) is 4.34. The third kappa shape index (κ3) is 4.07. The number of hydrogen-bond acceptors (Lipinski definition) is 4. The second kappa shape index (κ2) is 7.76. The van der Waals surface area contributed by atoms with E-state index in [2.05, 4.69) is 0 Å². The van der Waals surface area contributed by atoms with Gasteiger partial charge in [0.2, 0.25) is 5.91 Å². The van der Waals surface area contributed by atoms with Gasteiger partial charge in [-0.2, -0.15) is 0 Å². The van der Waals surface area contributed by atoms with E-state index in [-0.39, 0.29) is 12.5 Å². The number of piperidine rings is 2. The zero-order valence-electron chi connectivity index (χ0n) is 15.4. The highest BCUT2D eigenvalue weighted by atomic mass is 16.4. The van der Waals surface area contributed by atoms with E-state index in [1.165, 1.54) is 0 Å². The molecule has 142 valence electrons. The summed E-state index contributed by atoms with van der Waals surface area (Å²) in [5.41, 5.74) is 1.74. The van der Waals surface area contributed by atoms with Gasteiger partial charge in [0.15, 0.2) is 0 Å². The number of rotatable bonds is 4. The second-order valence-electron chi connectivity index (χ2n) is 7.79. The number of aryl methyl sites for hydroxylation is 1. The van der Waals surface area contributed by atoms with Crippen molar-refractivity contribution in [3.8, 4) is 0 Å². The van der Waals surface area contributed by atoms with Crippen molar-refractivity contribution in [2.24, 2.45) is 5.41 Å². The number of aliphatic hydroxyl groups is 1. The summed E-state index contributed by atoms with van der Waals surface area (Å²) in [5.74, 6) is -0.763. The highest BCUT2D eigenvalue weighted by molar-refractivity contribution is 5.79. The summed E-state index contributed by atoms with van der Waals surface area (Å²) in [4.78, 5) is 27.7. The SMILES string of the molecule is Cc1ccccc1CC(=O)N1CCC[C@@]2(CN(CC(=O)O)CC[C@H]2O)C1. The van der Waals surface area contributed by atoms with E-state index in [0.717, 1.165) is 24.0 Å². The van der Waals surface area contributed by atoms with E-state index in [9.17, 15) is 14.7 Å². The van der Waals surface area contributed by atoms with Crippen molar-refractivity contribution in [1.82, 2.24) is 9.80 Å². The number of carbonyl (C=O) groups is 2. The number of benzene rings is 1. The van der Waals surface area contributed by atoms with E-state index in [4.69, 9.17) is 5.11 Å². The summed E-state index contributed by atoms with van der Waals surface area (Å²) in [5, 5.41) is 19.7. The normalized spacial score (nSPS) is 26.8. The van der Waals surface area contributed by atoms with Gasteiger partial charge < -0.3 is 15.1 Å². The largest absolute Gasteiger partial charge is 0.480 e. The van der Waals surface area contributed by atoms with Crippen LogP contribution in [0.4, 0.5) is 0 Å². The summed E-state index contributed by atoms with van der Waals surface area (Å²) in [7, 11) is 0. The first-order valence-corrected chi connectivity index (χ1v) is 9.34. The molecule has 0 bridgehead atoms. The maximum absolute atomic E-state index is 12.8.